The molecule has 0 radical (unpaired) electrons. The van der Waals surface area contributed by atoms with Crippen LogP contribution in [0.4, 0.5) is 0 Å². The van der Waals surface area contributed by atoms with Crippen LogP contribution in [0.15, 0.2) is 29.4 Å². The summed E-state index contributed by atoms with van der Waals surface area (Å²) in [5.74, 6) is -0.671. The van der Waals surface area contributed by atoms with Gasteiger partial charge in [0.1, 0.15) is 5.56 Å². The zero-order valence-electron chi connectivity index (χ0n) is 15.8. The van der Waals surface area contributed by atoms with E-state index in [1.165, 1.54) is 34.7 Å². The predicted octanol–water partition coefficient (Wildman–Crippen LogP) is 2.28. The van der Waals surface area contributed by atoms with E-state index in [2.05, 4.69) is 10.2 Å². The van der Waals surface area contributed by atoms with Gasteiger partial charge in [-0.1, -0.05) is 11.6 Å². The normalized spacial score (nSPS) is 11.8. The molecule has 10 heteroatoms. The van der Waals surface area contributed by atoms with E-state index in [9.17, 15) is 18.3 Å². The first-order chi connectivity index (χ1) is 13.0. The Labute approximate surface area is 167 Å². The standard InChI is InChI=1S/C18H19ClN4O4S/c1-10-13(17(24)16-11(2)21-22(3)18(16)25)5-6-15(28(4,26)27)14(10)9-23-8-12(19)7-20-23/h5-8,25H,9H2,1-4H3. The van der Waals surface area contributed by atoms with Crippen molar-refractivity contribution < 1.29 is 18.3 Å². The quantitative estimate of drug-likeness (QED) is 0.632. The lowest BCUT2D eigenvalue weighted by Crippen LogP contribution is -2.13. The smallest absolute Gasteiger partial charge is 0.220 e. The van der Waals surface area contributed by atoms with Gasteiger partial charge in [-0.15, -0.1) is 0 Å². The monoisotopic (exact) mass is 422 g/mol. The number of nitrogens with zero attached hydrogens (tertiary/aromatic N) is 4. The third-order valence-electron chi connectivity index (χ3n) is 4.54. The van der Waals surface area contributed by atoms with Crippen LogP contribution < -0.4 is 0 Å². The van der Waals surface area contributed by atoms with Crippen LogP contribution in [0.3, 0.4) is 0 Å². The summed E-state index contributed by atoms with van der Waals surface area (Å²) < 4.78 is 27.3. The summed E-state index contributed by atoms with van der Waals surface area (Å²) in [6, 6.07) is 2.86. The summed E-state index contributed by atoms with van der Waals surface area (Å²) in [4.78, 5) is 13.2. The molecule has 0 bridgehead atoms. The summed E-state index contributed by atoms with van der Waals surface area (Å²) in [7, 11) is -2.01. The molecule has 0 unspecified atom stereocenters. The van der Waals surface area contributed by atoms with Gasteiger partial charge < -0.3 is 5.11 Å². The van der Waals surface area contributed by atoms with E-state index in [-0.39, 0.29) is 28.4 Å². The van der Waals surface area contributed by atoms with Crippen LogP contribution in [0, 0.1) is 13.8 Å². The van der Waals surface area contributed by atoms with Crippen molar-refractivity contribution in [1.82, 2.24) is 19.6 Å². The van der Waals surface area contributed by atoms with Gasteiger partial charge in [-0.2, -0.15) is 10.2 Å². The van der Waals surface area contributed by atoms with Gasteiger partial charge in [-0.05, 0) is 37.1 Å². The highest BCUT2D eigenvalue weighted by molar-refractivity contribution is 7.90. The van der Waals surface area contributed by atoms with Gasteiger partial charge in [0.05, 0.1) is 28.4 Å². The van der Waals surface area contributed by atoms with Crippen molar-refractivity contribution in [1.29, 1.82) is 0 Å². The number of ketones is 1. The molecule has 0 aliphatic rings. The lowest BCUT2D eigenvalue weighted by Gasteiger charge is -2.15. The Morgan fingerprint density at radius 1 is 1.29 bits per heavy atom. The molecule has 28 heavy (non-hydrogen) atoms. The van der Waals surface area contributed by atoms with Gasteiger partial charge in [0.15, 0.2) is 9.84 Å². The third-order valence-corrected chi connectivity index (χ3v) is 5.92. The molecule has 2 aromatic heterocycles. The minimum absolute atomic E-state index is 0.0887. The van der Waals surface area contributed by atoms with Crippen LogP contribution in [0.2, 0.25) is 5.02 Å². The molecule has 0 aliphatic carbocycles. The first-order valence-corrected chi connectivity index (χ1v) is 10.6. The minimum Gasteiger partial charge on any atom is -0.493 e. The van der Waals surface area contributed by atoms with Crippen LogP contribution in [-0.4, -0.2) is 45.1 Å². The van der Waals surface area contributed by atoms with Crippen LogP contribution in [-0.2, 0) is 23.4 Å². The summed E-state index contributed by atoms with van der Waals surface area (Å²) in [6.45, 7) is 3.42. The minimum atomic E-state index is -3.54. The number of carbonyl (C=O) groups is 1. The second-order valence-corrected chi connectivity index (χ2v) is 9.00. The van der Waals surface area contributed by atoms with Crippen molar-refractivity contribution in [2.75, 3.05) is 6.26 Å². The SMILES string of the molecule is Cc1nn(C)c(O)c1C(=O)c1ccc(S(C)(=O)=O)c(Cn2cc(Cl)cn2)c1C. The predicted molar refractivity (Wildman–Crippen MR) is 104 cm³/mol. The number of sulfone groups is 1. The Kier molecular flexibility index (Phi) is 5.07. The molecule has 2 heterocycles. The summed E-state index contributed by atoms with van der Waals surface area (Å²) in [6.07, 6.45) is 4.13. The largest absolute Gasteiger partial charge is 0.493 e. The summed E-state index contributed by atoms with van der Waals surface area (Å²) in [5, 5.41) is 18.8. The molecule has 148 valence electrons. The Hall–Kier alpha value is -2.65. The number of aromatic hydroxyl groups is 1. The third kappa shape index (κ3) is 3.55. The highest BCUT2D eigenvalue weighted by Gasteiger charge is 2.26. The van der Waals surface area contributed by atoms with Crippen molar-refractivity contribution in [2.24, 2.45) is 7.05 Å². The number of aryl methyl sites for hydroxylation is 2. The van der Waals surface area contributed by atoms with Crippen molar-refractivity contribution in [3.05, 3.63) is 57.5 Å². The van der Waals surface area contributed by atoms with Gasteiger partial charge in [0, 0.05) is 25.1 Å². The van der Waals surface area contributed by atoms with Crippen molar-refractivity contribution >= 4 is 27.2 Å². The molecule has 0 aliphatic heterocycles. The molecule has 0 saturated heterocycles. The molecule has 8 nitrogen and oxygen atoms in total. The zero-order chi connectivity index (χ0) is 20.8. The molecule has 3 aromatic rings. The Morgan fingerprint density at radius 3 is 2.46 bits per heavy atom. The number of carbonyl (C=O) groups excluding carboxylic acids is 1. The second kappa shape index (κ2) is 7.06. The number of aromatic nitrogens is 4. The molecular formula is C18H19ClN4O4S. The van der Waals surface area contributed by atoms with E-state index in [1.807, 2.05) is 0 Å². The van der Waals surface area contributed by atoms with Crippen LogP contribution >= 0.6 is 11.6 Å². The van der Waals surface area contributed by atoms with E-state index in [4.69, 9.17) is 11.6 Å². The van der Waals surface area contributed by atoms with E-state index in [0.717, 1.165) is 6.26 Å². The molecule has 0 saturated carbocycles. The van der Waals surface area contributed by atoms with Crippen molar-refractivity contribution in [2.45, 2.75) is 25.3 Å². The van der Waals surface area contributed by atoms with Gasteiger partial charge in [-0.25, -0.2) is 13.1 Å². The average molecular weight is 423 g/mol. The number of hydrogen-bond acceptors (Lipinski definition) is 6. The molecule has 1 N–H and O–H groups in total. The molecule has 0 spiro atoms. The van der Waals surface area contributed by atoms with Crippen LogP contribution in [0.25, 0.3) is 0 Å². The van der Waals surface area contributed by atoms with E-state index in [1.54, 1.807) is 20.0 Å². The highest BCUT2D eigenvalue weighted by Crippen LogP contribution is 2.29. The van der Waals surface area contributed by atoms with Crippen LogP contribution in [0.5, 0.6) is 5.88 Å². The van der Waals surface area contributed by atoms with Gasteiger partial charge in [0.2, 0.25) is 11.7 Å². The van der Waals surface area contributed by atoms with Crippen molar-refractivity contribution in [3.63, 3.8) is 0 Å². The van der Waals surface area contributed by atoms with E-state index >= 15 is 0 Å². The van der Waals surface area contributed by atoms with Gasteiger partial charge >= 0.3 is 0 Å². The lowest BCUT2D eigenvalue weighted by molar-refractivity contribution is 0.103. The molecule has 0 fully saturated rings. The van der Waals surface area contributed by atoms with Crippen LogP contribution in [0.1, 0.15) is 32.7 Å². The molecule has 3 rings (SSSR count). The number of rotatable bonds is 5. The van der Waals surface area contributed by atoms with E-state index in [0.29, 0.717) is 21.8 Å². The maximum atomic E-state index is 13.1. The molecule has 1 aromatic carbocycles. The maximum absolute atomic E-state index is 13.1. The first kappa shape index (κ1) is 20.1. The zero-order valence-corrected chi connectivity index (χ0v) is 17.3. The molecule has 0 amide bonds. The molecular weight excluding hydrogens is 404 g/mol. The molecule has 0 atom stereocenters. The topological polar surface area (TPSA) is 107 Å². The maximum Gasteiger partial charge on any atom is 0.220 e. The van der Waals surface area contributed by atoms with E-state index < -0.39 is 15.6 Å². The van der Waals surface area contributed by atoms with Crippen molar-refractivity contribution in [3.8, 4) is 5.88 Å². The Morgan fingerprint density at radius 2 is 1.96 bits per heavy atom. The fourth-order valence-electron chi connectivity index (χ4n) is 3.16. The van der Waals surface area contributed by atoms with Gasteiger partial charge in [-0.3, -0.25) is 9.48 Å². The fraction of sp³-hybridized carbons (Fsp3) is 0.278. The summed E-state index contributed by atoms with van der Waals surface area (Å²) >= 11 is 5.90. The number of halogens is 1. The fourth-order valence-corrected chi connectivity index (χ4v) is 4.29. The average Bonchev–Trinajstić information content (AvgIpc) is 3.10. The number of hydrogen-bond donors (Lipinski definition) is 1. The first-order valence-electron chi connectivity index (χ1n) is 8.28. The highest BCUT2D eigenvalue weighted by atomic mass is 35.5. The Bertz CT molecular complexity index is 1190. The number of benzene rings is 1. The second-order valence-electron chi connectivity index (χ2n) is 6.58. The van der Waals surface area contributed by atoms with Gasteiger partial charge in [0.25, 0.3) is 0 Å². The Balaban J connectivity index is 2.18. The summed E-state index contributed by atoms with van der Waals surface area (Å²) in [5.41, 5.74) is 1.69. The lowest BCUT2D eigenvalue weighted by atomic mass is 9.95.